The van der Waals surface area contributed by atoms with E-state index in [1.54, 1.807) is 0 Å². The molecule has 0 spiro atoms. The first-order valence-corrected chi connectivity index (χ1v) is 19.3. The largest absolute Gasteiger partial charge is 0.310 e. The lowest BCUT2D eigenvalue weighted by Crippen LogP contribution is -2.12. The predicted molar refractivity (Wildman–Crippen MR) is 241 cm³/mol. The molecule has 0 N–H and O–H groups in total. The zero-order valence-corrected chi connectivity index (χ0v) is 31.4. The molecule has 0 amide bonds. The van der Waals surface area contributed by atoms with Crippen LogP contribution in [0.25, 0.3) is 54.2 Å². The standard InChI is InChI=1S/C54H34N4/c55-35-39-18-11-25-48-44(39)32-33-53(58(42-21-5-2-6-22-42)52-27-13-17-38-15-8-10-24-47(38)52)54(48)49-30-28-40(36-56)45-31-29-43(34-50(45)49)57(41-19-3-1-4-20-41)51-26-12-16-37-14-7-9-23-46(37)51/h1-34H. The average molecular weight is 739 g/mol. The molecule has 58 heavy (non-hydrogen) atoms. The van der Waals surface area contributed by atoms with Crippen molar-refractivity contribution in [3.05, 3.63) is 217 Å². The molecule has 0 aliphatic rings. The Labute approximate surface area is 336 Å². The van der Waals surface area contributed by atoms with Crippen LogP contribution in [-0.2, 0) is 0 Å². The number of rotatable bonds is 7. The fourth-order valence-electron chi connectivity index (χ4n) is 8.50. The molecular weight excluding hydrogens is 705 g/mol. The molecule has 0 aromatic heterocycles. The van der Waals surface area contributed by atoms with Gasteiger partial charge in [0.15, 0.2) is 0 Å². The highest BCUT2D eigenvalue weighted by atomic mass is 15.2. The average Bonchev–Trinajstić information content (AvgIpc) is 3.29. The molecule has 270 valence electrons. The van der Waals surface area contributed by atoms with Gasteiger partial charge in [0, 0.05) is 44.2 Å². The van der Waals surface area contributed by atoms with Gasteiger partial charge in [-0.25, -0.2) is 0 Å². The molecule has 4 heteroatoms. The van der Waals surface area contributed by atoms with Crippen LogP contribution in [0.2, 0.25) is 0 Å². The zero-order chi connectivity index (χ0) is 39.0. The van der Waals surface area contributed by atoms with Gasteiger partial charge in [0.25, 0.3) is 0 Å². The number of nitrogens with zero attached hydrogens (tertiary/aromatic N) is 4. The van der Waals surface area contributed by atoms with Crippen molar-refractivity contribution in [3.8, 4) is 23.3 Å². The van der Waals surface area contributed by atoms with Gasteiger partial charge in [-0.3, -0.25) is 0 Å². The Bertz CT molecular complexity index is 3260. The molecule has 0 atom stereocenters. The molecule has 0 fully saturated rings. The maximum Gasteiger partial charge on any atom is 0.0998 e. The maximum atomic E-state index is 10.5. The number of nitriles is 2. The Morgan fingerprint density at radius 2 is 0.810 bits per heavy atom. The van der Waals surface area contributed by atoms with Gasteiger partial charge >= 0.3 is 0 Å². The van der Waals surface area contributed by atoms with E-state index in [-0.39, 0.29) is 0 Å². The molecule has 10 rings (SSSR count). The van der Waals surface area contributed by atoms with Gasteiger partial charge in [-0.05, 0) is 93.8 Å². The lowest BCUT2D eigenvalue weighted by molar-refractivity contribution is 1.30. The first-order valence-electron chi connectivity index (χ1n) is 19.3. The fourth-order valence-corrected chi connectivity index (χ4v) is 8.50. The molecule has 10 aromatic rings. The Hall–Kier alpha value is -8.18. The van der Waals surface area contributed by atoms with Gasteiger partial charge in [-0.2, -0.15) is 10.5 Å². The van der Waals surface area contributed by atoms with Crippen LogP contribution in [-0.4, -0.2) is 0 Å². The molecule has 0 bridgehead atoms. The van der Waals surface area contributed by atoms with Crippen molar-refractivity contribution < 1.29 is 0 Å². The van der Waals surface area contributed by atoms with Crippen LogP contribution in [0.3, 0.4) is 0 Å². The monoisotopic (exact) mass is 738 g/mol. The van der Waals surface area contributed by atoms with Gasteiger partial charge in [-0.1, -0.05) is 140 Å². The van der Waals surface area contributed by atoms with Crippen LogP contribution >= 0.6 is 0 Å². The van der Waals surface area contributed by atoms with Crippen LogP contribution in [0.1, 0.15) is 11.1 Å². The number of para-hydroxylation sites is 2. The third-order valence-corrected chi connectivity index (χ3v) is 11.1. The number of benzene rings is 10. The summed E-state index contributed by atoms with van der Waals surface area (Å²) in [4.78, 5) is 4.63. The van der Waals surface area contributed by atoms with Gasteiger partial charge in [0.1, 0.15) is 0 Å². The molecule has 0 saturated carbocycles. The highest BCUT2D eigenvalue weighted by molar-refractivity contribution is 6.15. The number of hydrogen-bond acceptors (Lipinski definition) is 4. The first-order chi connectivity index (χ1) is 28.7. The first kappa shape index (κ1) is 34.3. The van der Waals surface area contributed by atoms with E-state index in [0.29, 0.717) is 11.1 Å². The Morgan fingerprint density at radius 1 is 0.310 bits per heavy atom. The molecule has 0 aliphatic heterocycles. The predicted octanol–water partition coefficient (Wildman–Crippen LogP) is 14.6. The molecule has 0 aliphatic carbocycles. The molecule has 4 nitrogen and oxygen atoms in total. The second-order valence-corrected chi connectivity index (χ2v) is 14.3. The molecule has 10 aromatic carbocycles. The minimum atomic E-state index is 0.593. The third-order valence-electron chi connectivity index (χ3n) is 11.1. The van der Waals surface area contributed by atoms with Crippen molar-refractivity contribution in [2.24, 2.45) is 0 Å². The van der Waals surface area contributed by atoms with Crippen molar-refractivity contribution in [2.75, 3.05) is 9.80 Å². The summed E-state index contributed by atoms with van der Waals surface area (Å²) in [7, 11) is 0. The summed E-state index contributed by atoms with van der Waals surface area (Å²) >= 11 is 0. The summed E-state index contributed by atoms with van der Waals surface area (Å²) in [6.45, 7) is 0. The van der Waals surface area contributed by atoms with E-state index in [1.807, 2.05) is 30.3 Å². The van der Waals surface area contributed by atoms with Gasteiger partial charge in [0.2, 0.25) is 0 Å². The quantitative estimate of drug-likeness (QED) is 0.163. The Kier molecular flexibility index (Phi) is 8.57. The highest BCUT2D eigenvalue weighted by Crippen LogP contribution is 2.49. The van der Waals surface area contributed by atoms with Crippen LogP contribution in [0.15, 0.2) is 206 Å². The van der Waals surface area contributed by atoms with Crippen LogP contribution < -0.4 is 9.80 Å². The molecule has 0 heterocycles. The summed E-state index contributed by atoms with van der Waals surface area (Å²) in [6.07, 6.45) is 0. The number of fused-ring (bicyclic) bond motifs is 4. The normalized spacial score (nSPS) is 11.1. The number of anilines is 6. The lowest BCUT2D eigenvalue weighted by Gasteiger charge is -2.30. The Morgan fingerprint density at radius 3 is 1.47 bits per heavy atom. The summed E-state index contributed by atoms with van der Waals surface area (Å²) in [6, 6.07) is 76.2. The minimum absolute atomic E-state index is 0.593. The van der Waals surface area contributed by atoms with Gasteiger partial charge < -0.3 is 9.80 Å². The van der Waals surface area contributed by atoms with E-state index in [0.717, 1.165) is 88.3 Å². The second kappa shape index (κ2) is 14.5. The summed E-state index contributed by atoms with van der Waals surface area (Å²) in [5.41, 5.74) is 9.14. The molecule has 0 radical (unpaired) electrons. The van der Waals surface area contributed by atoms with E-state index < -0.39 is 0 Å². The minimum Gasteiger partial charge on any atom is -0.310 e. The lowest BCUT2D eigenvalue weighted by atomic mass is 9.88. The smallest absolute Gasteiger partial charge is 0.0998 e. The fraction of sp³-hybridized carbons (Fsp3) is 0. The molecule has 0 unspecified atom stereocenters. The van der Waals surface area contributed by atoms with E-state index in [1.165, 1.54) is 0 Å². The van der Waals surface area contributed by atoms with Crippen molar-refractivity contribution in [2.45, 2.75) is 0 Å². The highest BCUT2D eigenvalue weighted by Gasteiger charge is 2.24. The van der Waals surface area contributed by atoms with Crippen molar-refractivity contribution in [1.29, 1.82) is 10.5 Å². The molecular formula is C54H34N4. The third kappa shape index (κ3) is 5.77. The maximum absolute atomic E-state index is 10.5. The summed E-state index contributed by atoms with van der Waals surface area (Å²) in [5.74, 6) is 0. The second-order valence-electron chi connectivity index (χ2n) is 14.3. The Balaban J connectivity index is 1.31. The van der Waals surface area contributed by atoms with Crippen LogP contribution in [0, 0.1) is 22.7 Å². The van der Waals surface area contributed by atoms with Crippen molar-refractivity contribution >= 4 is 77.2 Å². The van der Waals surface area contributed by atoms with Crippen LogP contribution in [0.4, 0.5) is 34.1 Å². The zero-order valence-electron chi connectivity index (χ0n) is 31.4. The van der Waals surface area contributed by atoms with E-state index in [4.69, 9.17) is 0 Å². The van der Waals surface area contributed by atoms with E-state index in [9.17, 15) is 10.5 Å². The van der Waals surface area contributed by atoms with Gasteiger partial charge in [-0.15, -0.1) is 0 Å². The van der Waals surface area contributed by atoms with E-state index >= 15 is 0 Å². The summed E-state index contributed by atoms with van der Waals surface area (Å²) < 4.78 is 0. The van der Waals surface area contributed by atoms with Gasteiger partial charge in [0.05, 0.1) is 40.3 Å². The summed E-state index contributed by atoms with van der Waals surface area (Å²) in [5, 5.41) is 29.0. The van der Waals surface area contributed by atoms with Crippen LogP contribution in [0.5, 0.6) is 0 Å². The topological polar surface area (TPSA) is 54.1 Å². The molecule has 0 saturated heterocycles. The number of hydrogen-bond donors (Lipinski definition) is 0. The van der Waals surface area contributed by atoms with Crippen molar-refractivity contribution in [1.82, 2.24) is 0 Å². The SMILES string of the molecule is N#Cc1ccc(-c2c(N(c3ccccc3)c3cccc4ccccc34)ccc3c(C#N)cccc23)c2cc(N(c3ccccc3)c3cccc4ccccc34)ccc12. The van der Waals surface area contributed by atoms with Crippen molar-refractivity contribution in [3.63, 3.8) is 0 Å². The van der Waals surface area contributed by atoms with E-state index in [2.05, 4.69) is 198 Å².